The molecule has 0 radical (unpaired) electrons. The van der Waals surface area contributed by atoms with Gasteiger partial charge in [-0.15, -0.1) is 0 Å². The standard InChI is InChI=1S/C14H16BrN3O/c1-2-16-13-17-12(19)14(18-13)6-5-9-7-11(15)4-3-10(9)8-14/h3-4,7H,2,5-6,8H2,1H3,(H2,16,17,18,19). The van der Waals surface area contributed by atoms with Gasteiger partial charge in [0.05, 0.1) is 0 Å². The van der Waals surface area contributed by atoms with Crippen molar-refractivity contribution in [1.82, 2.24) is 10.6 Å². The fraction of sp³-hybridized carbons (Fsp3) is 0.429. The van der Waals surface area contributed by atoms with Crippen molar-refractivity contribution in [1.29, 1.82) is 0 Å². The summed E-state index contributed by atoms with van der Waals surface area (Å²) < 4.78 is 1.10. The number of nitrogens with one attached hydrogen (secondary N) is 2. The van der Waals surface area contributed by atoms with Gasteiger partial charge in [0.25, 0.3) is 5.91 Å². The van der Waals surface area contributed by atoms with Crippen molar-refractivity contribution in [2.45, 2.75) is 31.7 Å². The average molecular weight is 322 g/mol. The first-order valence-corrected chi connectivity index (χ1v) is 7.34. The Bertz CT molecular complexity index is 570. The van der Waals surface area contributed by atoms with Crippen LogP contribution in [0.15, 0.2) is 27.7 Å². The van der Waals surface area contributed by atoms with Crippen LogP contribution in [-0.4, -0.2) is 24.0 Å². The minimum Gasteiger partial charge on any atom is -0.341 e. The minimum atomic E-state index is -0.505. The maximum absolute atomic E-state index is 12.2. The van der Waals surface area contributed by atoms with E-state index in [0.717, 1.165) is 23.7 Å². The van der Waals surface area contributed by atoms with Crippen molar-refractivity contribution >= 4 is 27.8 Å². The van der Waals surface area contributed by atoms with Crippen LogP contribution in [0, 0.1) is 0 Å². The van der Waals surface area contributed by atoms with Crippen LogP contribution in [0.1, 0.15) is 24.5 Å². The fourth-order valence-electron chi connectivity index (χ4n) is 2.84. The molecule has 2 N–H and O–H groups in total. The number of halogens is 1. The van der Waals surface area contributed by atoms with Gasteiger partial charge in [0.2, 0.25) is 0 Å². The summed E-state index contributed by atoms with van der Waals surface area (Å²) in [7, 11) is 0. The van der Waals surface area contributed by atoms with Crippen LogP contribution in [0.25, 0.3) is 0 Å². The van der Waals surface area contributed by atoms with E-state index in [9.17, 15) is 4.79 Å². The second kappa shape index (κ2) is 4.63. The lowest BCUT2D eigenvalue weighted by Gasteiger charge is -2.32. The van der Waals surface area contributed by atoms with Gasteiger partial charge in [-0.1, -0.05) is 22.0 Å². The van der Waals surface area contributed by atoms with E-state index in [4.69, 9.17) is 0 Å². The average Bonchev–Trinajstić information content (AvgIpc) is 2.67. The molecule has 0 bridgehead atoms. The van der Waals surface area contributed by atoms with Crippen LogP contribution in [0.2, 0.25) is 0 Å². The molecule has 1 heterocycles. The Hall–Kier alpha value is -1.36. The molecule has 1 aliphatic carbocycles. The maximum atomic E-state index is 12.2. The van der Waals surface area contributed by atoms with Gasteiger partial charge in [0, 0.05) is 17.4 Å². The molecule has 4 nitrogen and oxygen atoms in total. The zero-order valence-electron chi connectivity index (χ0n) is 10.8. The van der Waals surface area contributed by atoms with Crippen LogP contribution in [0.3, 0.4) is 0 Å². The molecule has 0 saturated carbocycles. The lowest BCUT2D eigenvalue weighted by molar-refractivity contribution is -0.124. The molecule has 1 saturated heterocycles. The predicted molar refractivity (Wildman–Crippen MR) is 78.2 cm³/mol. The molecule has 1 aromatic rings. The number of hydrogen-bond acceptors (Lipinski definition) is 2. The molecular formula is C14H16BrN3O. The summed E-state index contributed by atoms with van der Waals surface area (Å²) in [5, 5.41) is 6.14. The highest BCUT2D eigenvalue weighted by atomic mass is 79.9. The molecule has 1 fully saturated rings. The number of rotatable bonds is 1. The van der Waals surface area contributed by atoms with E-state index in [1.807, 2.05) is 13.0 Å². The molecule has 1 spiro atoms. The van der Waals surface area contributed by atoms with E-state index in [2.05, 4.69) is 43.7 Å². The number of fused-ring (bicyclic) bond motifs is 1. The Balaban J connectivity index is 1.91. The predicted octanol–water partition coefficient (Wildman–Crippen LogP) is 1.77. The maximum Gasteiger partial charge on any atom is 0.252 e. The Morgan fingerprint density at radius 1 is 1.42 bits per heavy atom. The molecule has 3 rings (SSSR count). The molecular weight excluding hydrogens is 306 g/mol. The topological polar surface area (TPSA) is 53.5 Å². The summed E-state index contributed by atoms with van der Waals surface area (Å²) in [5.41, 5.74) is 2.07. The van der Waals surface area contributed by atoms with E-state index in [1.165, 1.54) is 11.1 Å². The summed E-state index contributed by atoms with van der Waals surface area (Å²) in [4.78, 5) is 16.5. The number of guanidine groups is 1. The second-order valence-corrected chi connectivity index (χ2v) is 5.99. The van der Waals surface area contributed by atoms with Gasteiger partial charge < -0.3 is 5.32 Å². The van der Waals surface area contributed by atoms with E-state index < -0.39 is 5.54 Å². The lowest BCUT2D eigenvalue weighted by Crippen LogP contribution is -2.51. The van der Waals surface area contributed by atoms with Gasteiger partial charge in [0.15, 0.2) is 5.96 Å². The molecule has 0 aromatic heterocycles. The van der Waals surface area contributed by atoms with Gasteiger partial charge in [-0.25, -0.2) is 0 Å². The van der Waals surface area contributed by atoms with Gasteiger partial charge >= 0.3 is 0 Å². The highest BCUT2D eigenvalue weighted by molar-refractivity contribution is 9.10. The normalized spacial score (nSPS) is 27.3. The number of carbonyl (C=O) groups is 1. The number of benzene rings is 1. The summed E-state index contributed by atoms with van der Waals surface area (Å²) in [6.45, 7) is 2.63. The zero-order chi connectivity index (χ0) is 13.5. The molecule has 1 unspecified atom stereocenters. The Morgan fingerprint density at radius 2 is 2.26 bits per heavy atom. The van der Waals surface area contributed by atoms with Crippen molar-refractivity contribution in [3.8, 4) is 0 Å². The molecule has 2 aliphatic rings. The molecule has 19 heavy (non-hydrogen) atoms. The molecule has 5 heteroatoms. The highest BCUT2D eigenvalue weighted by Crippen LogP contribution is 2.32. The number of aryl methyl sites for hydroxylation is 1. The molecule has 1 aliphatic heterocycles. The molecule has 1 amide bonds. The van der Waals surface area contributed by atoms with Crippen molar-refractivity contribution in [3.05, 3.63) is 33.8 Å². The van der Waals surface area contributed by atoms with Gasteiger partial charge in [-0.05, 0) is 43.0 Å². The van der Waals surface area contributed by atoms with Crippen LogP contribution in [-0.2, 0) is 17.6 Å². The van der Waals surface area contributed by atoms with Crippen LogP contribution in [0.5, 0.6) is 0 Å². The lowest BCUT2D eigenvalue weighted by atomic mass is 9.78. The number of nitrogens with zero attached hydrogens (tertiary/aromatic N) is 1. The van der Waals surface area contributed by atoms with Crippen LogP contribution < -0.4 is 10.6 Å². The number of hydrogen-bond donors (Lipinski definition) is 2. The zero-order valence-corrected chi connectivity index (χ0v) is 12.4. The van der Waals surface area contributed by atoms with Crippen molar-refractivity contribution in [2.24, 2.45) is 4.99 Å². The smallest absolute Gasteiger partial charge is 0.252 e. The fourth-order valence-corrected chi connectivity index (χ4v) is 3.25. The van der Waals surface area contributed by atoms with E-state index in [1.54, 1.807) is 0 Å². The Kier molecular flexibility index (Phi) is 3.09. The van der Waals surface area contributed by atoms with Crippen LogP contribution >= 0.6 is 15.9 Å². The van der Waals surface area contributed by atoms with Gasteiger partial charge in [-0.2, -0.15) is 0 Å². The largest absolute Gasteiger partial charge is 0.341 e. The van der Waals surface area contributed by atoms with E-state index >= 15 is 0 Å². The molecule has 1 atom stereocenters. The van der Waals surface area contributed by atoms with Crippen molar-refractivity contribution in [2.75, 3.05) is 6.54 Å². The van der Waals surface area contributed by atoms with Crippen LogP contribution in [0.4, 0.5) is 0 Å². The van der Waals surface area contributed by atoms with Gasteiger partial charge in [0.1, 0.15) is 5.54 Å². The monoisotopic (exact) mass is 321 g/mol. The summed E-state index contributed by atoms with van der Waals surface area (Å²) in [6, 6.07) is 6.28. The van der Waals surface area contributed by atoms with E-state index in [0.29, 0.717) is 12.5 Å². The van der Waals surface area contributed by atoms with E-state index in [-0.39, 0.29) is 5.91 Å². The van der Waals surface area contributed by atoms with Crippen molar-refractivity contribution < 1.29 is 4.79 Å². The summed E-state index contributed by atoms with van der Waals surface area (Å²) >= 11 is 3.49. The highest BCUT2D eigenvalue weighted by Gasteiger charge is 2.46. The first-order valence-electron chi connectivity index (χ1n) is 6.54. The molecule has 100 valence electrons. The molecule has 1 aromatic carbocycles. The van der Waals surface area contributed by atoms with Crippen molar-refractivity contribution in [3.63, 3.8) is 0 Å². The quantitative estimate of drug-likeness (QED) is 0.828. The summed E-state index contributed by atoms with van der Waals surface area (Å²) in [6.07, 6.45) is 2.45. The second-order valence-electron chi connectivity index (χ2n) is 5.07. The first-order chi connectivity index (χ1) is 9.13. The third-order valence-electron chi connectivity index (χ3n) is 3.82. The Morgan fingerprint density at radius 3 is 3.05 bits per heavy atom. The summed E-state index contributed by atoms with van der Waals surface area (Å²) in [5.74, 6) is 0.668. The number of aliphatic imine (C=N–C) groups is 1. The number of carbonyl (C=O) groups excluding carboxylic acids is 1. The third kappa shape index (κ3) is 2.16. The number of amides is 1. The SMILES string of the molecule is CCN=C1NC(=O)C2(CCc3cc(Br)ccc3C2)N1. The first kappa shape index (κ1) is 12.7. The van der Waals surface area contributed by atoms with Gasteiger partial charge in [-0.3, -0.25) is 15.1 Å². The Labute approximate surface area is 120 Å². The minimum absolute atomic E-state index is 0.0493. The third-order valence-corrected chi connectivity index (χ3v) is 4.32.